The van der Waals surface area contributed by atoms with Crippen LogP contribution in [0, 0.1) is 5.41 Å². The maximum Gasteiger partial charge on any atom is 0.157 e. The summed E-state index contributed by atoms with van der Waals surface area (Å²) in [5, 5.41) is 7.48. The molecular formula is C12H18N4. The van der Waals surface area contributed by atoms with Gasteiger partial charge in [0.05, 0.1) is 6.20 Å². The predicted octanol–water partition coefficient (Wildman–Crippen LogP) is 2.58. The Kier molecular flexibility index (Phi) is 2.81. The molecule has 0 aliphatic heterocycles. The van der Waals surface area contributed by atoms with Crippen molar-refractivity contribution in [2.45, 2.75) is 27.2 Å². The van der Waals surface area contributed by atoms with E-state index in [-0.39, 0.29) is 0 Å². The number of nitrogens with zero attached hydrogens (tertiary/aromatic N) is 3. The summed E-state index contributed by atoms with van der Waals surface area (Å²) < 4.78 is 1.76. The van der Waals surface area contributed by atoms with Crippen molar-refractivity contribution in [3.8, 4) is 0 Å². The highest BCUT2D eigenvalue weighted by molar-refractivity contribution is 5.45. The summed E-state index contributed by atoms with van der Waals surface area (Å²) in [4.78, 5) is 4.46. The summed E-state index contributed by atoms with van der Waals surface area (Å²) in [5.74, 6) is 0.912. The SMILES string of the molecule is CCC(C)(C)CNc1ccn2nccc2n1. The standard InChI is InChI=1S/C12H18N4/c1-4-12(2,3)9-13-10-6-8-16-11(15-10)5-7-14-16/h5-8H,4,9H2,1-3H3,(H,13,15). The lowest BCUT2D eigenvalue weighted by Gasteiger charge is -2.23. The van der Waals surface area contributed by atoms with E-state index in [9.17, 15) is 0 Å². The number of nitrogens with one attached hydrogen (secondary N) is 1. The third-order valence-corrected chi connectivity index (χ3v) is 2.96. The molecule has 2 aromatic rings. The first-order chi connectivity index (χ1) is 7.61. The first-order valence-electron chi connectivity index (χ1n) is 5.65. The molecule has 0 bridgehead atoms. The molecule has 4 heteroatoms. The molecule has 0 aliphatic rings. The average Bonchev–Trinajstić information content (AvgIpc) is 2.73. The van der Waals surface area contributed by atoms with Gasteiger partial charge in [0.15, 0.2) is 5.65 Å². The zero-order valence-corrected chi connectivity index (χ0v) is 10.1. The number of anilines is 1. The van der Waals surface area contributed by atoms with Crippen LogP contribution in [0.4, 0.5) is 5.82 Å². The molecule has 0 aliphatic carbocycles. The Balaban J connectivity index is 2.09. The van der Waals surface area contributed by atoms with Crippen LogP contribution in [0.15, 0.2) is 24.5 Å². The van der Waals surface area contributed by atoms with Gasteiger partial charge in [0, 0.05) is 18.8 Å². The van der Waals surface area contributed by atoms with E-state index in [1.807, 2.05) is 18.3 Å². The molecule has 86 valence electrons. The van der Waals surface area contributed by atoms with Crippen molar-refractivity contribution in [3.05, 3.63) is 24.5 Å². The minimum Gasteiger partial charge on any atom is -0.369 e. The zero-order chi connectivity index (χ0) is 11.6. The summed E-state index contributed by atoms with van der Waals surface area (Å²) in [6.07, 6.45) is 4.82. The van der Waals surface area contributed by atoms with Crippen LogP contribution in [-0.4, -0.2) is 21.1 Å². The number of rotatable bonds is 4. The van der Waals surface area contributed by atoms with E-state index in [1.165, 1.54) is 0 Å². The Labute approximate surface area is 95.7 Å². The molecule has 0 aromatic carbocycles. The lowest BCUT2D eigenvalue weighted by atomic mass is 9.90. The zero-order valence-electron chi connectivity index (χ0n) is 10.1. The van der Waals surface area contributed by atoms with Crippen LogP contribution in [0.1, 0.15) is 27.2 Å². The van der Waals surface area contributed by atoms with Crippen LogP contribution in [0.3, 0.4) is 0 Å². The second kappa shape index (κ2) is 4.12. The van der Waals surface area contributed by atoms with E-state index in [0.717, 1.165) is 24.4 Å². The van der Waals surface area contributed by atoms with E-state index in [2.05, 4.69) is 36.2 Å². The molecule has 1 N–H and O–H groups in total. The molecule has 0 saturated heterocycles. The highest BCUT2D eigenvalue weighted by Crippen LogP contribution is 2.19. The molecule has 0 atom stereocenters. The van der Waals surface area contributed by atoms with E-state index in [1.54, 1.807) is 10.7 Å². The molecular weight excluding hydrogens is 200 g/mol. The molecule has 16 heavy (non-hydrogen) atoms. The van der Waals surface area contributed by atoms with Crippen LogP contribution in [0.25, 0.3) is 5.65 Å². The molecule has 0 fully saturated rings. The molecule has 4 nitrogen and oxygen atoms in total. The van der Waals surface area contributed by atoms with Gasteiger partial charge in [0.1, 0.15) is 5.82 Å². The fourth-order valence-corrected chi connectivity index (χ4v) is 1.37. The van der Waals surface area contributed by atoms with Crippen LogP contribution in [0.2, 0.25) is 0 Å². The third kappa shape index (κ3) is 2.32. The van der Waals surface area contributed by atoms with Crippen molar-refractivity contribution < 1.29 is 0 Å². The highest BCUT2D eigenvalue weighted by Gasteiger charge is 2.14. The van der Waals surface area contributed by atoms with Crippen molar-refractivity contribution in [1.82, 2.24) is 14.6 Å². The Bertz CT molecular complexity index is 473. The van der Waals surface area contributed by atoms with E-state index in [0.29, 0.717) is 5.41 Å². The largest absolute Gasteiger partial charge is 0.369 e. The Morgan fingerprint density at radius 3 is 2.94 bits per heavy atom. The lowest BCUT2D eigenvalue weighted by Crippen LogP contribution is -2.22. The van der Waals surface area contributed by atoms with E-state index < -0.39 is 0 Å². The second-order valence-electron chi connectivity index (χ2n) is 4.82. The van der Waals surface area contributed by atoms with Crippen molar-refractivity contribution in [1.29, 1.82) is 0 Å². The molecule has 2 heterocycles. The third-order valence-electron chi connectivity index (χ3n) is 2.96. The first-order valence-corrected chi connectivity index (χ1v) is 5.65. The molecule has 0 amide bonds. The van der Waals surface area contributed by atoms with Gasteiger partial charge in [0.25, 0.3) is 0 Å². The fourth-order valence-electron chi connectivity index (χ4n) is 1.37. The van der Waals surface area contributed by atoms with Crippen LogP contribution in [0.5, 0.6) is 0 Å². The number of hydrogen-bond acceptors (Lipinski definition) is 3. The van der Waals surface area contributed by atoms with Gasteiger partial charge in [-0.1, -0.05) is 20.8 Å². The van der Waals surface area contributed by atoms with Crippen molar-refractivity contribution in [2.75, 3.05) is 11.9 Å². The smallest absolute Gasteiger partial charge is 0.157 e. The highest BCUT2D eigenvalue weighted by atomic mass is 15.2. The lowest BCUT2D eigenvalue weighted by molar-refractivity contribution is 0.376. The van der Waals surface area contributed by atoms with Crippen LogP contribution >= 0.6 is 0 Å². The molecule has 0 saturated carbocycles. The monoisotopic (exact) mass is 218 g/mol. The Morgan fingerprint density at radius 2 is 2.19 bits per heavy atom. The molecule has 2 aromatic heterocycles. The van der Waals surface area contributed by atoms with Gasteiger partial charge >= 0.3 is 0 Å². The summed E-state index contributed by atoms with van der Waals surface area (Å²) in [7, 11) is 0. The Hall–Kier alpha value is -1.58. The number of fused-ring (bicyclic) bond motifs is 1. The van der Waals surface area contributed by atoms with Gasteiger partial charge in [-0.3, -0.25) is 0 Å². The van der Waals surface area contributed by atoms with Crippen LogP contribution in [-0.2, 0) is 0 Å². The summed E-state index contributed by atoms with van der Waals surface area (Å²) in [6.45, 7) is 7.63. The quantitative estimate of drug-likeness (QED) is 0.857. The maximum absolute atomic E-state index is 4.46. The molecule has 0 radical (unpaired) electrons. The predicted molar refractivity (Wildman–Crippen MR) is 65.5 cm³/mol. The first kappa shape index (κ1) is 10.9. The van der Waals surface area contributed by atoms with Crippen LogP contribution < -0.4 is 5.32 Å². The topological polar surface area (TPSA) is 42.2 Å². The number of hydrogen-bond donors (Lipinski definition) is 1. The van der Waals surface area contributed by atoms with E-state index in [4.69, 9.17) is 0 Å². The minimum absolute atomic E-state index is 0.300. The normalized spacial score (nSPS) is 11.9. The van der Waals surface area contributed by atoms with Gasteiger partial charge in [0.2, 0.25) is 0 Å². The van der Waals surface area contributed by atoms with Gasteiger partial charge < -0.3 is 5.32 Å². The van der Waals surface area contributed by atoms with Gasteiger partial charge in [-0.25, -0.2) is 9.50 Å². The van der Waals surface area contributed by atoms with Crippen molar-refractivity contribution in [3.63, 3.8) is 0 Å². The van der Waals surface area contributed by atoms with Gasteiger partial charge in [-0.2, -0.15) is 5.10 Å². The van der Waals surface area contributed by atoms with Gasteiger partial charge in [-0.15, -0.1) is 0 Å². The van der Waals surface area contributed by atoms with Crippen molar-refractivity contribution in [2.24, 2.45) is 5.41 Å². The second-order valence-corrected chi connectivity index (χ2v) is 4.82. The average molecular weight is 218 g/mol. The fraction of sp³-hybridized carbons (Fsp3) is 0.500. The number of aromatic nitrogens is 3. The van der Waals surface area contributed by atoms with Crippen molar-refractivity contribution >= 4 is 11.5 Å². The molecule has 0 unspecified atom stereocenters. The molecule has 2 rings (SSSR count). The summed E-state index contributed by atoms with van der Waals surface area (Å²) in [5.41, 5.74) is 1.17. The summed E-state index contributed by atoms with van der Waals surface area (Å²) >= 11 is 0. The minimum atomic E-state index is 0.300. The molecule has 0 spiro atoms. The van der Waals surface area contributed by atoms with Gasteiger partial charge in [-0.05, 0) is 17.9 Å². The van der Waals surface area contributed by atoms with E-state index >= 15 is 0 Å². The maximum atomic E-state index is 4.46. The summed E-state index contributed by atoms with van der Waals surface area (Å²) in [6, 6.07) is 3.85. The Morgan fingerprint density at radius 1 is 1.38 bits per heavy atom.